The highest BCUT2D eigenvalue weighted by Gasteiger charge is 2.30. The van der Waals surface area contributed by atoms with E-state index in [9.17, 15) is 4.79 Å². The second-order valence-electron chi connectivity index (χ2n) is 7.58. The van der Waals surface area contributed by atoms with Crippen molar-refractivity contribution in [3.63, 3.8) is 0 Å². The number of fused-ring (bicyclic) bond motifs is 1. The number of hydrogen-bond donors (Lipinski definition) is 0. The van der Waals surface area contributed by atoms with E-state index in [0.29, 0.717) is 28.8 Å². The summed E-state index contributed by atoms with van der Waals surface area (Å²) in [6, 6.07) is 14.1. The molecule has 0 aliphatic carbocycles. The predicted octanol–water partition coefficient (Wildman–Crippen LogP) is 5.25. The van der Waals surface area contributed by atoms with Crippen LogP contribution >= 0.6 is 0 Å². The van der Waals surface area contributed by atoms with Crippen LogP contribution in [0.5, 0.6) is 5.75 Å². The molecule has 1 unspecified atom stereocenters. The van der Waals surface area contributed by atoms with E-state index < -0.39 is 0 Å². The van der Waals surface area contributed by atoms with Gasteiger partial charge in [-0.05, 0) is 49.6 Å². The van der Waals surface area contributed by atoms with Crippen LogP contribution in [0, 0.1) is 5.92 Å². The number of ketones is 1. The number of anilines is 1. The second kappa shape index (κ2) is 7.95. The maximum Gasteiger partial charge on any atom is 0.162 e. The molecule has 0 aromatic heterocycles. The summed E-state index contributed by atoms with van der Waals surface area (Å²) in [5, 5.41) is 0. The fraction of sp³-hybridized carbons (Fsp3) is 0.391. The number of para-hydroxylation sites is 1. The van der Waals surface area contributed by atoms with Crippen LogP contribution in [-0.2, 0) is 0 Å². The minimum absolute atomic E-state index is 0.00756. The summed E-state index contributed by atoms with van der Waals surface area (Å²) >= 11 is 0. The lowest BCUT2D eigenvalue weighted by molar-refractivity contribution is 0.101. The topological polar surface area (TPSA) is 41.9 Å². The van der Waals surface area contributed by atoms with Gasteiger partial charge in [-0.3, -0.25) is 9.79 Å². The van der Waals surface area contributed by atoms with Gasteiger partial charge >= 0.3 is 0 Å². The van der Waals surface area contributed by atoms with E-state index in [-0.39, 0.29) is 5.78 Å². The molecule has 0 fully saturated rings. The van der Waals surface area contributed by atoms with Crippen LogP contribution < -0.4 is 9.64 Å². The van der Waals surface area contributed by atoms with Gasteiger partial charge in [0.1, 0.15) is 5.75 Å². The SMILES string of the molecule is COc1ccc(N=C(C)CN2CC(C(C)C)c3ccccc32)c(C(C)=O)c1. The molecule has 0 bridgehead atoms. The van der Waals surface area contributed by atoms with E-state index in [0.717, 1.165) is 18.8 Å². The summed E-state index contributed by atoms with van der Waals surface area (Å²) in [6.07, 6.45) is 0. The molecule has 3 rings (SSSR count). The minimum atomic E-state index is -0.00756. The number of carbonyl (C=O) groups excluding carboxylic acids is 1. The highest BCUT2D eigenvalue weighted by molar-refractivity contribution is 6.01. The highest BCUT2D eigenvalue weighted by Crippen LogP contribution is 2.40. The van der Waals surface area contributed by atoms with E-state index in [1.54, 1.807) is 20.1 Å². The molecular weight excluding hydrogens is 336 g/mol. The van der Waals surface area contributed by atoms with E-state index in [1.807, 2.05) is 19.1 Å². The number of Topliss-reactive ketones (excluding diaryl/α,β-unsaturated/α-hetero) is 1. The molecule has 1 aliphatic heterocycles. The van der Waals surface area contributed by atoms with E-state index in [1.165, 1.54) is 11.3 Å². The number of nitrogens with zero attached hydrogens (tertiary/aromatic N) is 2. The van der Waals surface area contributed by atoms with Gasteiger partial charge in [0.25, 0.3) is 0 Å². The van der Waals surface area contributed by atoms with Gasteiger partial charge in [0.15, 0.2) is 5.78 Å². The Morgan fingerprint density at radius 2 is 1.96 bits per heavy atom. The van der Waals surface area contributed by atoms with Crippen molar-refractivity contribution in [1.29, 1.82) is 0 Å². The van der Waals surface area contributed by atoms with Gasteiger partial charge in [-0.2, -0.15) is 0 Å². The van der Waals surface area contributed by atoms with Crippen molar-refractivity contribution in [2.75, 3.05) is 25.1 Å². The zero-order valence-electron chi connectivity index (χ0n) is 16.8. The molecule has 4 heteroatoms. The fourth-order valence-electron chi connectivity index (χ4n) is 3.78. The maximum atomic E-state index is 12.0. The summed E-state index contributed by atoms with van der Waals surface area (Å²) in [4.78, 5) is 19.2. The van der Waals surface area contributed by atoms with Crippen molar-refractivity contribution >= 4 is 22.9 Å². The molecule has 27 heavy (non-hydrogen) atoms. The Morgan fingerprint density at radius 3 is 2.63 bits per heavy atom. The van der Waals surface area contributed by atoms with Crippen LogP contribution in [0.15, 0.2) is 47.5 Å². The molecule has 0 radical (unpaired) electrons. The minimum Gasteiger partial charge on any atom is -0.497 e. The molecule has 1 heterocycles. The molecule has 4 nitrogen and oxygen atoms in total. The smallest absolute Gasteiger partial charge is 0.162 e. The first-order chi connectivity index (χ1) is 12.9. The van der Waals surface area contributed by atoms with Crippen LogP contribution in [-0.4, -0.2) is 31.7 Å². The molecule has 0 saturated heterocycles. The Morgan fingerprint density at radius 1 is 1.22 bits per heavy atom. The van der Waals surface area contributed by atoms with Gasteiger partial charge in [0, 0.05) is 29.4 Å². The van der Waals surface area contributed by atoms with Crippen molar-refractivity contribution in [3.05, 3.63) is 53.6 Å². The van der Waals surface area contributed by atoms with Crippen LogP contribution in [0.1, 0.15) is 49.5 Å². The summed E-state index contributed by atoms with van der Waals surface area (Å²) in [5.74, 6) is 1.80. The summed E-state index contributed by atoms with van der Waals surface area (Å²) in [6.45, 7) is 9.91. The lowest BCUT2D eigenvalue weighted by atomic mass is 9.90. The second-order valence-corrected chi connectivity index (χ2v) is 7.58. The van der Waals surface area contributed by atoms with Gasteiger partial charge in [0.05, 0.1) is 19.3 Å². The number of methoxy groups -OCH3 is 1. The third-order valence-corrected chi connectivity index (χ3v) is 5.21. The number of hydrogen-bond acceptors (Lipinski definition) is 4. The number of aliphatic imine (C=N–C) groups is 1. The van der Waals surface area contributed by atoms with Crippen molar-refractivity contribution < 1.29 is 9.53 Å². The van der Waals surface area contributed by atoms with Crippen LogP contribution in [0.2, 0.25) is 0 Å². The standard InChI is InChI=1S/C23H28N2O2/c1-15(2)21-14-25(23-9-7-6-8-19(21)23)13-16(3)24-22-11-10-18(27-5)12-20(22)17(4)26/h6-12,15,21H,13-14H2,1-5H3. The maximum absolute atomic E-state index is 12.0. The highest BCUT2D eigenvalue weighted by atomic mass is 16.5. The Bertz CT molecular complexity index is 870. The number of rotatable bonds is 6. The average molecular weight is 364 g/mol. The van der Waals surface area contributed by atoms with Crippen molar-refractivity contribution in [2.45, 2.75) is 33.6 Å². The molecule has 1 aliphatic rings. The third kappa shape index (κ3) is 4.05. The molecule has 2 aromatic rings. The Kier molecular flexibility index (Phi) is 5.64. The molecule has 142 valence electrons. The Hall–Kier alpha value is -2.62. The first-order valence-electron chi connectivity index (χ1n) is 9.47. The molecule has 0 amide bonds. The first-order valence-corrected chi connectivity index (χ1v) is 9.47. The zero-order chi connectivity index (χ0) is 19.6. The lowest BCUT2D eigenvalue weighted by Gasteiger charge is -2.21. The quantitative estimate of drug-likeness (QED) is 0.519. The van der Waals surface area contributed by atoms with Gasteiger partial charge < -0.3 is 9.64 Å². The fourth-order valence-corrected chi connectivity index (χ4v) is 3.78. The lowest BCUT2D eigenvalue weighted by Crippen LogP contribution is -2.28. The van der Waals surface area contributed by atoms with Crippen LogP contribution in [0.25, 0.3) is 0 Å². The summed E-state index contributed by atoms with van der Waals surface area (Å²) in [7, 11) is 1.60. The van der Waals surface area contributed by atoms with Gasteiger partial charge in [-0.15, -0.1) is 0 Å². The molecule has 1 atom stereocenters. The summed E-state index contributed by atoms with van der Waals surface area (Å²) in [5.41, 5.74) is 5.01. The number of carbonyl (C=O) groups is 1. The van der Waals surface area contributed by atoms with Gasteiger partial charge in [-0.1, -0.05) is 32.0 Å². The van der Waals surface area contributed by atoms with E-state index in [2.05, 4.69) is 43.0 Å². The Labute approximate surface area is 161 Å². The van der Waals surface area contributed by atoms with Crippen molar-refractivity contribution in [1.82, 2.24) is 0 Å². The summed E-state index contributed by atoms with van der Waals surface area (Å²) < 4.78 is 5.24. The third-order valence-electron chi connectivity index (χ3n) is 5.21. The normalized spacial score (nSPS) is 16.6. The molecule has 0 saturated carbocycles. The van der Waals surface area contributed by atoms with E-state index >= 15 is 0 Å². The van der Waals surface area contributed by atoms with Gasteiger partial charge in [0.2, 0.25) is 0 Å². The molecular formula is C23H28N2O2. The number of benzene rings is 2. The van der Waals surface area contributed by atoms with Crippen molar-refractivity contribution in [3.8, 4) is 5.75 Å². The first kappa shape index (κ1) is 19.2. The average Bonchev–Trinajstić information content (AvgIpc) is 3.00. The van der Waals surface area contributed by atoms with Crippen LogP contribution in [0.3, 0.4) is 0 Å². The molecule has 2 aromatic carbocycles. The van der Waals surface area contributed by atoms with E-state index in [4.69, 9.17) is 9.73 Å². The molecule has 0 spiro atoms. The van der Waals surface area contributed by atoms with Crippen molar-refractivity contribution in [2.24, 2.45) is 10.9 Å². The Balaban J connectivity index is 1.86. The molecule has 0 N–H and O–H groups in total. The predicted molar refractivity (Wildman–Crippen MR) is 112 cm³/mol. The van der Waals surface area contributed by atoms with Crippen LogP contribution in [0.4, 0.5) is 11.4 Å². The largest absolute Gasteiger partial charge is 0.497 e. The monoisotopic (exact) mass is 364 g/mol. The number of ether oxygens (including phenoxy) is 1. The zero-order valence-corrected chi connectivity index (χ0v) is 16.8. The van der Waals surface area contributed by atoms with Gasteiger partial charge in [-0.25, -0.2) is 0 Å².